The first-order chi connectivity index (χ1) is 20.8. The van der Waals surface area contributed by atoms with Gasteiger partial charge in [0.2, 0.25) is 5.91 Å². The van der Waals surface area contributed by atoms with Gasteiger partial charge in [0.15, 0.2) is 23.3 Å². The maximum atomic E-state index is 14.2. The van der Waals surface area contributed by atoms with Crippen LogP contribution in [0.1, 0.15) is 30.8 Å². The normalized spacial score (nSPS) is 13.8. The van der Waals surface area contributed by atoms with Crippen LogP contribution >= 0.6 is 11.6 Å². The first-order valence-electron chi connectivity index (χ1n) is 13.3. The lowest BCUT2D eigenvalue weighted by molar-refractivity contribution is -0.119. The highest BCUT2D eigenvalue weighted by molar-refractivity contribution is 6.34. The summed E-state index contributed by atoms with van der Waals surface area (Å²) in [5, 5.41) is 7.22. The van der Waals surface area contributed by atoms with Crippen molar-refractivity contribution in [3.8, 4) is 16.9 Å². The fraction of sp³-hybridized carbons (Fsp3) is 0.233. The van der Waals surface area contributed by atoms with E-state index in [1.54, 1.807) is 39.1 Å². The number of anilines is 1. The molecule has 0 aliphatic carbocycles. The number of hydrogen-bond acceptors (Lipinski definition) is 6. The van der Waals surface area contributed by atoms with Gasteiger partial charge in [-0.3, -0.25) is 23.4 Å². The summed E-state index contributed by atoms with van der Waals surface area (Å²) in [7, 11) is 2.97. The van der Waals surface area contributed by atoms with E-state index >= 15 is 0 Å². The van der Waals surface area contributed by atoms with Crippen LogP contribution in [0.4, 0.5) is 18.9 Å². The molecule has 1 amide bonds. The van der Waals surface area contributed by atoms with Gasteiger partial charge in [-0.1, -0.05) is 11.6 Å². The Morgan fingerprint density at radius 2 is 1.68 bits per heavy atom. The zero-order valence-electron chi connectivity index (χ0n) is 23.8. The Morgan fingerprint density at radius 3 is 2.32 bits per heavy atom. The van der Waals surface area contributed by atoms with E-state index in [0.29, 0.717) is 22.4 Å². The van der Waals surface area contributed by atoms with Crippen molar-refractivity contribution in [1.82, 2.24) is 23.9 Å². The summed E-state index contributed by atoms with van der Waals surface area (Å²) in [4.78, 5) is 44.5. The average molecular weight is 625 g/mol. The number of amides is 1. The molecule has 1 N–H and O–H groups in total. The van der Waals surface area contributed by atoms with Crippen molar-refractivity contribution in [2.24, 2.45) is 7.05 Å². The highest BCUT2D eigenvalue weighted by atomic mass is 35.5. The fourth-order valence-electron chi connectivity index (χ4n) is 5.40. The molecule has 0 radical (unpaired) electrons. The van der Waals surface area contributed by atoms with Crippen LogP contribution in [0.3, 0.4) is 0 Å². The predicted molar refractivity (Wildman–Crippen MR) is 157 cm³/mol. The molecule has 0 unspecified atom stereocenters. The molecule has 10 nitrogen and oxygen atoms in total. The number of aromatic nitrogens is 5. The standard InChI is InChI=1S/C30H24ClF3N6O4/c1-30(2)17-9-16(18(31)10-21(17)36-28(30)42)15-7-22-25(23(8-15)44-4)27(41)40(12-24-35-13-38(3)37-24)29(43)39(22)11-14-5-19(32)26(34)20(33)6-14/h5-10,13H,11-12H2,1-4H3,(H,36,42). The van der Waals surface area contributed by atoms with E-state index in [4.69, 9.17) is 16.3 Å². The smallest absolute Gasteiger partial charge is 0.332 e. The number of halogens is 4. The van der Waals surface area contributed by atoms with Crippen LogP contribution < -0.4 is 21.3 Å². The molecule has 6 rings (SSSR count). The van der Waals surface area contributed by atoms with Gasteiger partial charge in [0.05, 0.1) is 36.2 Å². The van der Waals surface area contributed by atoms with E-state index < -0.39 is 40.7 Å². The molecule has 44 heavy (non-hydrogen) atoms. The second-order valence-corrected chi connectivity index (χ2v) is 11.4. The summed E-state index contributed by atoms with van der Waals surface area (Å²) < 4.78 is 51.2. The van der Waals surface area contributed by atoms with Crippen LogP contribution in [0.25, 0.3) is 22.0 Å². The van der Waals surface area contributed by atoms with Gasteiger partial charge < -0.3 is 10.1 Å². The molecule has 14 heteroatoms. The zero-order chi connectivity index (χ0) is 31.7. The molecule has 0 atom stereocenters. The Balaban J connectivity index is 1.64. The van der Waals surface area contributed by atoms with Crippen molar-refractivity contribution in [2.45, 2.75) is 32.4 Å². The molecule has 0 saturated carbocycles. The number of fused-ring (bicyclic) bond motifs is 2. The average Bonchev–Trinajstić information content (AvgIpc) is 3.48. The first kappa shape index (κ1) is 29.2. The largest absolute Gasteiger partial charge is 0.496 e. The molecular weight excluding hydrogens is 601 g/mol. The summed E-state index contributed by atoms with van der Waals surface area (Å²) in [5.41, 5.74) is -0.257. The topological polar surface area (TPSA) is 113 Å². The Hall–Kier alpha value is -4.91. The van der Waals surface area contributed by atoms with Gasteiger partial charge >= 0.3 is 5.69 Å². The van der Waals surface area contributed by atoms with Crippen LogP contribution in [0.15, 0.2) is 52.3 Å². The van der Waals surface area contributed by atoms with Gasteiger partial charge in [0.1, 0.15) is 17.5 Å². The summed E-state index contributed by atoms with van der Waals surface area (Å²) in [6.07, 6.45) is 1.40. The third-order valence-electron chi connectivity index (χ3n) is 7.75. The highest BCUT2D eigenvalue weighted by Crippen LogP contribution is 2.44. The second-order valence-electron chi connectivity index (χ2n) is 11.0. The predicted octanol–water partition coefficient (Wildman–Crippen LogP) is 4.36. The number of nitrogens with one attached hydrogen (secondary N) is 1. The summed E-state index contributed by atoms with van der Waals surface area (Å²) in [6.45, 7) is 2.79. The molecular formula is C30H24ClF3N6O4. The number of rotatable bonds is 6. The fourth-order valence-corrected chi connectivity index (χ4v) is 5.68. The number of ether oxygens (including phenoxy) is 1. The monoisotopic (exact) mass is 624 g/mol. The molecule has 226 valence electrons. The molecule has 0 fully saturated rings. The van der Waals surface area contributed by atoms with E-state index in [0.717, 1.165) is 21.3 Å². The molecule has 0 spiro atoms. The minimum atomic E-state index is -1.65. The third kappa shape index (κ3) is 4.64. The molecule has 5 aromatic rings. The first-order valence-corrected chi connectivity index (χ1v) is 13.7. The summed E-state index contributed by atoms with van der Waals surface area (Å²) >= 11 is 6.67. The summed E-state index contributed by atoms with van der Waals surface area (Å²) in [5.74, 6) is -4.46. The van der Waals surface area contributed by atoms with Gasteiger partial charge in [-0.2, -0.15) is 5.10 Å². The number of carbonyl (C=O) groups is 1. The van der Waals surface area contributed by atoms with Crippen LogP contribution in [0.2, 0.25) is 5.02 Å². The minimum absolute atomic E-state index is 0.00991. The van der Waals surface area contributed by atoms with Gasteiger partial charge in [0.25, 0.3) is 5.56 Å². The Bertz CT molecular complexity index is 2130. The van der Waals surface area contributed by atoms with Crippen molar-refractivity contribution in [1.29, 1.82) is 0 Å². The second kappa shape index (κ2) is 10.4. The molecule has 2 aromatic heterocycles. The quantitative estimate of drug-likeness (QED) is 0.281. The lowest BCUT2D eigenvalue weighted by atomic mass is 9.84. The maximum absolute atomic E-state index is 14.2. The molecule has 3 heterocycles. The van der Waals surface area contributed by atoms with Crippen molar-refractivity contribution in [2.75, 3.05) is 12.4 Å². The van der Waals surface area contributed by atoms with Gasteiger partial charge in [-0.25, -0.2) is 22.9 Å². The van der Waals surface area contributed by atoms with E-state index in [2.05, 4.69) is 15.4 Å². The van der Waals surface area contributed by atoms with Crippen LogP contribution in [0.5, 0.6) is 5.75 Å². The van der Waals surface area contributed by atoms with Gasteiger partial charge in [0, 0.05) is 18.3 Å². The Labute approximate surface area is 252 Å². The number of methoxy groups -OCH3 is 1. The number of aryl methyl sites for hydroxylation is 1. The van der Waals surface area contributed by atoms with Crippen molar-refractivity contribution >= 4 is 34.1 Å². The highest BCUT2D eigenvalue weighted by Gasteiger charge is 2.39. The van der Waals surface area contributed by atoms with E-state index in [1.807, 2.05) is 0 Å². The van der Waals surface area contributed by atoms with Crippen LogP contribution in [-0.2, 0) is 30.3 Å². The van der Waals surface area contributed by atoms with Crippen LogP contribution in [-0.4, -0.2) is 36.9 Å². The Kier molecular flexibility index (Phi) is 6.87. The van der Waals surface area contributed by atoms with Crippen molar-refractivity contribution in [3.05, 3.63) is 103 Å². The summed E-state index contributed by atoms with van der Waals surface area (Å²) in [6, 6.07) is 8.02. The SMILES string of the molecule is COc1cc(-c2cc3c(cc2Cl)NC(=O)C3(C)C)cc2c1c(=O)n(Cc1ncn(C)n1)c(=O)n2Cc1cc(F)c(F)c(F)c1. The van der Waals surface area contributed by atoms with E-state index in [-0.39, 0.29) is 45.5 Å². The van der Waals surface area contributed by atoms with Gasteiger partial charge in [-0.05, 0) is 66.9 Å². The maximum Gasteiger partial charge on any atom is 0.332 e. The Morgan fingerprint density at radius 1 is 0.977 bits per heavy atom. The van der Waals surface area contributed by atoms with E-state index in [9.17, 15) is 27.6 Å². The number of benzene rings is 3. The lowest BCUT2D eigenvalue weighted by Crippen LogP contribution is -2.41. The molecule has 0 bridgehead atoms. The van der Waals surface area contributed by atoms with Crippen LogP contribution in [0, 0.1) is 17.5 Å². The molecule has 1 aliphatic rings. The number of carbonyl (C=O) groups excluding carboxylic acids is 1. The third-order valence-corrected chi connectivity index (χ3v) is 8.06. The number of nitrogens with zero attached hydrogens (tertiary/aromatic N) is 5. The number of hydrogen-bond donors (Lipinski definition) is 1. The van der Waals surface area contributed by atoms with Gasteiger partial charge in [-0.15, -0.1) is 0 Å². The molecule has 3 aromatic carbocycles. The lowest BCUT2D eigenvalue weighted by Gasteiger charge is -2.19. The minimum Gasteiger partial charge on any atom is -0.496 e. The van der Waals surface area contributed by atoms with E-state index in [1.165, 1.54) is 24.2 Å². The molecule has 1 aliphatic heterocycles. The van der Waals surface area contributed by atoms with Crippen molar-refractivity contribution in [3.63, 3.8) is 0 Å². The zero-order valence-corrected chi connectivity index (χ0v) is 24.6. The van der Waals surface area contributed by atoms with Crippen molar-refractivity contribution < 1.29 is 22.7 Å². The molecule has 0 saturated heterocycles.